The number of nitrogens with zero attached hydrogens (tertiary/aromatic N) is 1. The maximum Gasteiger partial charge on any atom is 0.235 e. The van der Waals surface area contributed by atoms with Gasteiger partial charge in [-0.25, -0.2) is 0 Å². The second-order valence-corrected chi connectivity index (χ2v) is 5.30. The van der Waals surface area contributed by atoms with Crippen molar-refractivity contribution in [3.8, 4) is 0 Å². The maximum absolute atomic E-state index is 11.7. The molecule has 3 N–H and O–H groups in total. The first-order chi connectivity index (χ1) is 9.04. The summed E-state index contributed by atoms with van der Waals surface area (Å²) >= 11 is 7.14. The van der Waals surface area contributed by atoms with Gasteiger partial charge in [0.05, 0.1) is 5.75 Å². The van der Waals surface area contributed by atoms with Crippen molar-refractivity contribution in [2.24, 2.45) is 0 Å². The van der Waals surface area contributed by atoms with E-state index in [9.17, 15) is 4.79 Å². The summed E-state index contributed by atoms with van der Waals surface area (Å²) in [6.07, 6.45) is 0. The van der Waals surface area contributed by atoms with E-state index in [-0.39, 0.29) is 11.7 Å². The van der Waals surface area contributed by atoms with Gasteiger partial charge < -0.3 is 15.6 Å². The van der Waals surface area contributed by atoms with Crippen molar-refractivity contribution in [2.75, 3.05) is 16.8 Å². The highest BCUT2D eigenvalue weighted by molar-refractivity contribution is 8.00. The van der Waals surface area contributed by atoms with E-state index in [1.165, 1.54) is 11.8 Å². The third-order valence-corrected chi connectivity index (χ3v) is 3.55. The number of aromatic nitrogens is 1. The SMILES string of the molecule is Cc1cc(NC(=O)CSc2ccc(Cl)cc2N)no1. The molecule has 1 amide bonds. The molecular formula is C12H12ClN3O2S. The Labute approximate surface area is 119 Å². The van der Waals surface area contributed by atoms with E-state index in [1.54, 1.807) is 31.2 Å². The molecule has 0 saturated heterocycles. The molecule has 0 aliphatic carbocycles. The van der Waals surface area contributed by atoms with Crippen molar-refractivity contribution >= 4 is 40.8 Å². The molecule has 0 radical (unpaired) electrons. The Morgan fingerprint density at radius 2 is 2.32 bits per heavy atom. The van der Waals surface area contributed by atoms with Crippen LogP contribution in [0.5, 0.6) is 0 Å². The summed E-state index contributed by atoms with van der Waals surface area (Å²) in [5.74, 6) is 1.11. The predicted molar refractivity (Wildman–Crippen MR) is 76.5 cm³/mol. The lowest BCUT2D eigenvalue weighted by atomic mass is 10.3. The number of thioether (sulfide) groups is 1. The second kappa shape index (κ2) is 5.99. The van der Waals surface area contributed by atoms with Crippen molar-refractivity contribution in [1.29, 1.82) is 0 Å². The molecule has 0 aliphatic heterocycles. The van der Waals surface area contributed by atoms with Crippen LogP contribution < -0.4 is 11.1 Å². The van der Waals surface area contributed by atoms with Crippen molar-refractivity contribution in [3.63, 3.8) is 0 Å². The fourth-order valence-corrected chi connectivity index (χ4v) is 2.33. The molecule has 0 aliphatic rings. The molecule has 100 valence electrons. The fourth-order valence-electron chi connectivity index (χ4n) is 1.40. The largest absolute Gasteiger partial charge is 0.398 e. The number of hydrogen-bond donors (Lipinski definition) is 2. The summed E-state index contributed by atoms with van der Waals surface area (Å²) in [7, 11) is 0. The van der Waals surface area contributed by atoms with Gasteiger partial charge in [0.25, 0.3) is 0 Å². The molecular weight excluding hydrogens is 286 g/mol. The van der Waals surface area contributed by atoms with Crippen LogP contribution in [0.1, 0.15) is 5.76 Å². The second-order valence-electron chi connectivity index (χ2n) is 3.84. The van der Waals surface area contributed by atoms with Crippen molar-refractivity contribution in [2.45, 2.75) is 11.8 Å². The Bertz CT molecular complexity index is 600. The number of benzene rings is 1. The number of carbonyl (C=O) groups is 1. The van der Waals surface area contributed by atoms with Crippen LogP contribution in [0.25, 0.3) is 0 Å². The summed E-state index contributed by atoms with van der Waals surface area (Å²) in [6.45, 7) is 1.76. The molecule has 0 fully saturated rings. The lowest BCUT2D eigenvalue weighted by molar-refractivity contribution is -0.113. The molecule has 0 atom stereocenters. The Morgan fingerprint density at radius 1 is 1.53 bits per heavy atom. The number of carbonyl (C=O) groups excluding carboxylic acids is 1. The summed E-state index contributed by atoms with van der Waals surface area (Å²) in [5.41, 5.74) is 6.36. The first-order valence-corrected chi connectivity index (χ1v) is 6.82. The van der Waals surface area contributed by atoms with E-state index in [2.05, 4.69) is 10.5 Å². The minimum atomic E-state index is -0.173. The molecule has 1 aromatic heterocycles. The molecule has 5 nitrogen and oxygen atoms in total. The monoisotopic (exact) mass is 297 g/mol. The molecule has 2 aromatic rings. The van der Waals surface area contributed by atoms with Gasteiger partial charge in [0.2, 0.25) is 5.91 Å². The average molecular weight is 298 g/mol. The van der Waals surface area contributed by atoms with Crippen LogP contribution in [0, 0.1) is 6.92 Å². The molecule has 7 heteroatoms. The number of nitrogens with two attached hydrogens (primary N) is 1. The van der Waals surface area contributed by atoms with Gasteiger partial charge in [-0.3, -0.25) is 4.79 Å². The van der Waals surface area contributed by atoms with Crippen LogP contribution in [-0.2, 0) is 4.79 Å². The topological polar surface area (TPSA) is 81.2 Å². The first-order valence-electron chi connectivity index (χ1n) is 5.45. The molecule has 0 unspecified atom stereocenters. The van der Waals surface area contributed by atoms with E-state index in [0.29, 0.717) is 22.3 Å². The zero-order valence-electron chi connectivity index (χ0n) is 10.1. The number of halogens is 1. The standard InChI is InChI=1S/C12H12ClN3O2S/c1-7-4-11(16-18-7)15-12(17)6-19-10-3-2-8(13)5-9(10)14/h2-5H,6,14H2,1H3,(H,15,16,17). The highest BCUT2D eigenvalue weighted by Crippen LogP contribution is 2.27. The number of amides is 1. The van der Waals surface area contributed by atoms with Gasteiger partial charge in [0.1, 0.15) is 5.76 Å². The number of rotatable bonds is 4. The molecule has 19 heavy (non-hydrogen) atoms. The quantitative estimate of drug-likeness (QED) is 0.670. The average Bonchev–Trinajstić information content (AvgIpc) is 2.73. The summed E-state index contributed by atoms with van der Waals surface area (Å²) in [6, 6.07) is 6.83. The van der Waals surface area contributed by atoms with E-state index >= 15 is 0 Å². The summed E-state index contributed by atoms with van der Waals surface area (Å²) in [4.78, 5) is 12.5. The fraction of sp³-hybridized carbons (Fsp3) is 0.167. The summed E-state index contributed by atoms with van der Waals surface area (Å²) < 4.78 is 4.85. The Hall–Kier alpha value is -1.66. The number of nitrogens with one attached hydrogen (secondary N) is 1. The highest BCUT2D eigenvalue weighted by Gasteiger charge is 2.08. The lowest BCUT2D eigenvalue weighted by Crippen LogP contribution is -2.14. The summed E-state index contributed by atoms with van der Waals surface area (Å²) in [5, 5.41) is 6.89. The van der Waals surface area contributed by atoms with Gasteiger partial charge in [0, 0.05) is 21.7 Å². The van der Waals surface area contributed by atoms with E-state index < -0.39 is 0 Å². The Balaban J connectivity index is 1.89. The first kappa shape index (κ1) is 13.8. The smallest absolute Gasteiger partial charge is 0.235 e. The highest BCUT2D eigenvalue weighted by atomic mass is 35.5. The zero-order chi connectivity index (χ0) is 13.8. The maximum atomic E-state index is 11.7. The third-order valence-electron chi connectivity index (χ3n) is 2.23. The Kier molecular flexibility index (Phi) is 4.34. The van der Waals surface area contributed by atoms with Gasteiger partial charge >= 0.3 is 0 Å². The van der Waals surface area contributed by atoms with Crippen LogP contribution >= 0.6 is 23.4 Å². The van der Waals surface area contributed by atoms with Crippen molar-refractivity contribution in [1.82, 2.24) is 5.16 Å². The van der Waals surface area contributed by atoms with E-state index in [4.69, 9.17) is 21.9 Å². The van der Waals surface area contributed by atoms with Crippen LogP contribution in [0.2, 0.25) is 5.02 Å². The van der Waals surface area contributed by atoms with Crippen molar-refractivity contribution < 1.29 is 9.32 Å². The van der Waals surface area contributed by atoms with Gasteiger partial charge in [-0.1, -0.05) is 16.8 Å². The number of anilines is 2. The van der Waals surface area contributed by atoms with E-state index in [1.807, 2.05) is 0 Å². The number of hydrogen-bond acceptors (Lipinski definition) is 5. The van der Waals surface area contributed by atoms with Crippen molar-refractivity contribution in [3.05, 3.63) is 35.0 Å². The number of aryl methyl sites for hydroxylation is 1. The predicted octanol–water partition coefficient (Wildman–Crippen LogP) is 2.95. The molecule has 0 spiro atoms. The van der Waals surface area contributed by atoms with Gasteiger partial charge in [0.15, 0.2) is 5.82 Å². The Morgan fingerprint density at radius 3 is 2.95 bits per heavy atom. The zero-order valence-corrected chi connectivity index (χ0v) is 11.7. The molecule has 0 bridgehead atoms. The minimum Gasteiger partial charge on any atom is -0.398 e. The normalized spacial score (nSPS) is 10.4. The minimum absolute atomic E-state index is 0.173. The van der Waals surface area contributed by atoms with Gasteiger partial charge in [-0.05, 0) is 25.1 Å². The van der Waals surface area contributed by atoms with Crippen LogP contribution in [0.15, 0.2) is 33.7 Å². The van der Waals surface area contributed by atoms with E-state index in [0.717, 1.165) is 4.90 Å². The van der Waals surface area contributed by atoms with Gasteiger partial charge in [-0.15, -0.1) is 11.8 Å². The third kappa shape index (κ3) is 3.90. The molecule has 1 heterocycles. The lowest BCUT2D eigenvalue weighted by Gasteiger charge is -2.05. The molecule has 2 rings (SSSR count). The molecule has 0 saturated carbocycles. The molecule has 1 aromatic carbocycles. The number of nitrogen functional groups attached to an aromatic ring is 1. The van der Waals surface area contributed by atoms with Crippen LogP contribution in [-0.4, -0.2) is 16.8 Å². The van der Waals surface area contributed by atoms with Crippen LogP contribution in [0.4, 0.5) is 11.5 Å². The van der Waals surface area contributed by atoms with Crippen LogP contribution in [0.3, 0.4) is 0 Å². The van der Waals surface area contributed by atoms with Gasteiger partial charge in [-0.2, -0.15) is 0 Å².